The third-order valence-electron chi connectivity index (χ3n) is 4.37. The van der Waals surface area contributed by atoms with Gasteiger partial charge in [-0.25, -0.2) is 0 Å². The summed E-state index contributed by atoms with van der Waals surface area (Å²) in [5.41, 5.74) is 3.33. The van der Waals surface area contributed by atoms with E-state index >= 15 is 0 Å². The van der Waals surface area contributed by atoms with Crippen molar-refractivity contribution in [3.63, 3.8) is 0 Å². The number of phenolic OH excluding ortho intramolecular Hbond substituents is 1. The van der Waals surface area contributed by atoms with Crippen molar-refractivity contribution in [1.82, 2.24) is 0 Å². The lowest BCUT2D eigenvalue weighted by Gasteiger charge is -2.26. The summed E-state index contributed by atoms with van der Waals surface area (Å²) in [5.74, 6) is 0.372. The minimum absolute atomic E-state index is 0.275. The van der Waals surface area contributed by atoms with Gasteiger partial charge in [-0.15, -0.1) is 0 Å². The van der Waals surface area contributed by atoms with Crippen molar-refractivity contribution >= 4 is 5.69 Å². The van der Waals surface area contributed by atoms with Crippen molar-refractivity contribution in [3.8, 4) is 5.75 Å². The van der Waals surface area contributed by atoms with Gasteiger partial charge in [-0.05, 0) is 24.6 Å². The zero-order valence-corrected chi connectivity index (χ0v) is 12.2. The molecule has 3 aliphatic rings. The van der Waals surface area contributed by atoms with Gasteiger partial charge in [-0.3, -0.25) is 0 Å². The van der Waals surface area contributed by atoms with Crippen molar-refractivity contribution in [2.45, 2.75) is 31.7 Å². The molecule has 0 amide bonds. The predicted molar refractivity (Wildman–Crippen MR) is 78.0 cm³/mol. The molecule has 3 saturated heterocycles. The second-order valence-electron chi connectivity index (χ2n) is 6.18. The molecule has 0 bridgehead atoms. The van der Waals surface area contributed by atoms with Crippen molar-refractivity contribution < 1.29 is 19.3 Å². The Balaban J connectivity index is 1.60. The van der Waals surface area contributed by atoms with Gasteiger partial charge in [0.25, 0.3) is 0 Å². The van der Waals surface area contributed by atoms with Crippen LogP contribution in [0.4, 0.5) is 5.69 Å². The van der Waals surface area contributed by atoms with Crippen LogP contribution in [-0.4, -0.2) is 56.3 Å². The third kappa shape index (κ3) is 3.15. The van der Waals surface area contributed by atoms with Gasteiger partial charge < -0.3 is 24.2 Å². The molecular formula is C16H21NO4. The van der Waals surface area contributed by atoms with E-state index in [4.69, 9.17) is 14.2 Å². The van der Waals surface area contributed by atoms with E-state index in [-0.39, 0.29) is 6.10 Å². The Labute approximate surface area is 124 Å². The zero-order valence-electron chi connectivity index (χ0n) is 12.2. The molecule has 5 nitrogen and oxygen atoms in total. The molecule has 1 aromatic carbocycles. The van der Waals surface area contributed by atoms with Crippen molar-refractivity contribution in [3.05, 3.63) is 23.3 Å². The lowest BCUT2D eigenvalue weighted by Crippen LogP contribution is -2.32. The van der Waals surface area contributed by atoms with Gasteiger partial charge in [0.1, 0.15) is 5.75 Å². The largest absolute Gasteiger partial charge is 0.508 e. The van der Waals surface area contributed by atoms with Crippen molar-refractivity contribution in [1.29, 1.82) is 0 Å². The lowest BCUT2D eigenvalue weighted by molar-refractivity contribution is 0.388. The Kier molecular flexibility index (Phi) is 3.28. The molecule has 1 N–H and O–H groups in total. The number of anilines is 1. The molecule has 3 fully saturated rings. The summed E-state index contributed by atoms with van der Waals surface area (Å²) < 4.78 is 16.1. The Morgan fingerprint density at radius 3 is 2.14 bits per heavy atom. The average molecular weight is 291 g/mol. The molecule has 0 aromatic heterocycles. The highest BCUT2D eigenvalue weighted by Crippen LogP contribution is 2.34. The summed E-state index contributed by atoms with van der Waals surface area (Å²) in [6, 6.07) is 3.81. The maximum Gasteiger partial charge on any atom is 0.119 e. The van der Waals surface area contributed by atoms with Gasteiger partial charge in [0.15, 0.2) is 0 Å². The van der Waals surface area contributed by atoms with Gasteiger partial charge in [0.05, 0.1) is 38.1 Å². The molecule has 3 aliphatic heterocycles. The van der Waals surface area contributed by atoms with Crippen LogP contribution in [-0.2, 0) is 20.6 Å². The van der Waals surface area contributed by atoms with E-state index in [0.29, 0.717) is 18.0 Å². The maximum absolute atomic E-state index is 10.1. The normalized spacial score (nSPS) is 29.3. The van der Waals surface area contributed by atoms with Crippen LogP contribution in [0.2, 0.25) is 0 Å². The predicted octanol–water partition coefficient (Wildman–Crippen LogP) is 1.25. The summed E-state index contributed by atoms with van der Waals surface area (Å²) in [7, 11) is 0. The fourth-order valence-electron chi connectivity index (χ4n) is 2.85. The van der Waals surface area contributed by atoms with Gasteiger partial charge in [0.2, 0.25) is 0 Å². The Bertz CT molecular complexity index is 521. The van der Waals surface area contributed by atoms with Crippen molar-refractivity contribution in [2.75, 3.05) is 37.8 Å². The van der Waals surface area contributed by atoms with E-state index in [2.05, 4.69) is 11.8 Å². The minimum Gasteiger partial charge on any atom is -0.508 e. The number of phenols is 1. The van der Waals surface area contributed by atoms with E-state index in [0.717, 1.165) is 50.5 Å². The van der Waals surface area contributed by atoms with Crippen LogP contribution in [0.1, 0.15) is 11.1 Å². The molecule has 0 spiro atoms. The summed E-state index contributed by atoms with van der Waals surface area (Å²) in [5, 5.41) is 10.1. The number of ether oxygens (including phenoxy) is 3. The molecular weight excluding hydrogens is 270 g/mol. The van der Waals surface area contributed by atoms with Gasteiger partial charge in [-0.2, -0.15) is 0 Å². The number of hydrogen-bond donors (Lipinski definition) is 1. The fraction of sp³-hybridized carbons (Fsp3) is 0.625. The molecule has 5 heteroatoms. The van der Waals surface area contributed by atoms with E-state index < -0.39 is 0 Å². The summed E-state index contributed by atoms with van der Waals surface area (Å²) in [6.45, 7) is 6.37. The summed E-state index contributed by atoms with van der Waals surface area (Å²) in [4.78, 5) is 2.33. The van der Waals surface area contributed by atoms with Crippen molar-refractivity contribution in [2.24, 2.45) is 0 Å². The Morgan fingerprint density at radius 1 is 1.05 bits per heavy atom. The number of aromatic hydroxyl groups is 1. The van der Waals surface area contributed by atoms with Crippen LogP contribution in [0.5, 0.6) is 5.75 Å². The summed E-state index contributed by atoms with van der Waals surface area (Å²) in [6.07, 6.45) is 1.75. The first-order valence-corrected chi connectivity index (χ1v) is 7.62. The Hall–Kier alpha value is -1.30. The second-order valence-corrected chi connectivity index (χ2v) is 6.18. The van der Waals surface area contributed by atoms with E-state index in [1.165, 1.54) is 5.69 Å². The van der Waals surface area contributed by atoms with E-state index in [1.54, 1.807) is 6.07 Å². The second kappa shape index (κ2) is 5.16. The lowest BCUT2D eigenvalue weighted by atomic mass is 10.00. The number of rotatable bonds is 7. The SMILES string of the molecule is Cc1c(N(CC2CO2)CC2CO2)ccc(O)c1CC1CO1. The molecule has 114 valence electrons. The van der Waals surface area contributed by atoms with Crippen LogP contribution >= 0.6 is 0 Å². The molecule has 3 atom stereocenters. The molecule has 0 saturated carbocycles. The standard InChI is InChI=1S/C16H21NO4/c1-10-14(4-11-7-19-11)16(18)3-2-15(10)17(5-12-8-20-12)6-13-9-21-13/h2-3,11-13,18H,4-9H2,1H3. The zero-order chi connectivity index (χ0) is 14.4. The summed E-state index contributed by atoms with van der Waals surface area (Å²) >= 11 is 0. The van der Waals surface area contributed by atoms with Crippen LogP contribution in [0.15, 0.2) is 12.1 Å². The molecule has 4 rings (SSSR count). The van der Waals surface area contributed by atoms with Crippen LogP contribution in [0.25, 0.3) is 0 Å². The molecule has 21 heavy (non-hydrogen) atoms. The first kappa shape index (κ1) is 13.4. The number of epoxide rings is 3. The highest BCUT2D eigenvalue weighted by molar-refractivity contribution is 5.60. The molecule has 3 unspecified atom stereocenters. The number of nitrogens with zero attached hydrogens (tertiary/aromatic N) is 1. The van der Waals surface area contributed by atoms with E-state index in [1.807, 2.05) is 6.07 Å². The molecule has 0 aliphatic carbocycles. The van der Waals surface area contributed by atoms with Crippen LogP contribution in [0, 0.1) is 6.92 Å². The van der Waals surface area contributed by atoms with E-state index in [9.17, 15) is 5.11 Å². The topological polar surface area (TPSA) is 61.1 Å². The highest BCUT2D eigenvalue weighted by Gasteiger charge is 2.32. The first-order valence-electron chi connectivity index (χ1n) is 7.62. The minimum atomic E-state index is 0.275. The Morgan fingerprint density at radius 2 is 1.62 bits per heavy atom. The van der Waals surface area contributed by atoms with Gasteiger partial charge >= 0.3 is 0 Å². The highest BCUT2D eigenvalue weighted by atomic mass is 16.6. The van der Waals surface area contributed by atoms with Gasteiger partial charge in [-0.1, -0.05) is 0 Å². The monoisotopic (exact) mass is 291 g/mol. The molecule has 1 aromatic rings. The molecule has 0 radical (unpaired) electrons. The van der Waals surface area contributed by atoms with Crippen LogP contribution in [0.3, 0.4) is 0 Å². The first-order chi connectivity index (χ1) is 10.2. The molecule has 3 heterocycles. The van der Waals surface area contributed by atoms with Gasteiger partial charge in [0, 0.05) is 30.8 Å². The maximum atomic E-state index is 10.1. The fourth-order valence-corrected chi connectivity index (χ4v) is 2.85. The van der Waals surface area contributed by atoms with Crippen LogP contribution < -0.4 is 4.90 Å². The average Bonchev–Trinajstić information content (AvgIpc) is 3.31. The quantitative estimate of drug-likeness (QED) is 0.766. The number of benzene rings is 1. The number of hydrogen-bond acceptors (Lipinski definition) is 5. The smallest absolute Gasteiger partial charge is 0.119 e. The third-order valence-corrected chi connectivity index (χ3v) is 4.37.